The van der Waals surface area contributed by atoms with E-state index in [9.17, 15) is 9.90 Å². The van der Waals surface area contributed by atoms with Crippen LogP contribution in [-0.4, -0.2) is 17.1 Å². The number of carbonyl (C=O) groups excluding carboxylic acids is 1. The molecule has 1 amide bonds. The van der Waals surface area contributed by atoms with Crippen molar-refractivity contribution in [1.82, 2.24) is 5.32 Å². The maximum Gasteiger partial charge on any atom is 0.255 e. The lowest BCUT2D eigenvalue weighted by Gasteiger charge is -2.00. The van der Waals surface area contributed by atoms with Gasteiger partial charge >= 0.3 is 0 Å². The Labute approximate surface area is 91.9 Å². The predicted octanol–water partition coefficient (Wildman–Crippen LogP) is 2.03. The molecule has 3 rings (SSSR count). The number of amides is 1. The second kappa shape index (κ2) is 3.27. The zero-order valence-corrected chi connectivity index (χ0v) is 8.56. The van der Waals surface area contributed by atoms with Gasteiger partial charge in [0.25, 0.3) is 5.91 Å². The third kappa shape index (κ3) is 1.52. The highest BCUT2D eigenvalue weighted by molar-refractivity contribution is 6.06. The molecule has 1 aliphatic rings. The summed E-state index contributed by atoms with van der Waals surface area (Å²) in [4.78, 5) is 11.8. The Morgan fingerprint density at radius 3 is 3.00 bits per heavy atom. The van der Waals surface area contributed by atoms with Crippen molar-refractivity contribution < 1.29 is 14.3 Å². The van der Waals surface area contributed by atoms with E-state index >= 15 is 0 Å². The van der Waals surface area contributed by atoms with E-state index in [0.29, 0.717) is 17.2 Å². The van der Waals surface area contributed by atoms with Gasteiger partial charge in [0.05, 0.1) is 5.56 Å². The summed E-state index contributed by atoms with van der Waals surface area (Å²) in [6.07, 6.45) is 3.55. The molecular formula is C12H11NO3. The van der Waals surface area contributed by atoms with E-state index in [-0.39, 0.29) is 11.7 Å². The molecule has 1 saturated carbocycles. The monoisotopic (exact) mass is 217 g/mol. The summed E-state index contributed by atoms with van der Waals surface area (Å²) in [7, 11) is 0. The van der Waals surface area contributed by atoms with Gasteiger partial charge < -0.3 is 14.8 Å². The lowest BCUT2D eigenvalue weighted by atomic mass is 10.1. The summed E-state index contributed by atoms with van der Waals surface area (Å²) >= 11 is 0. The molecule has 4 nitrogen and oxygen atoms in total. The molecule has 1 aliphatic carbocycles. The van der Waals surface area contributed by atoms with Crippen molar-refractivity contribution in [2.24, 2.45) is 0 Å². The number of phenolic OH excluding ortho intramolecular Hbond substituents is 1. The van der Waals surface area contributed by atoms with Gasteiger partial charge in [0, 0.05) is 17.5 Å². The van der Waals surface area contributed by atoms with E-state index < -0.39 is 0 Å². The van der Waals surface area contributed by atoms with Gasteiger partial charge in [-0.2, -0.15) is 0 Å². The molecule has 2 aromatic rings. The molecule has 4 heteroatoms. The molecular weight excluding hydrogens is 206 g/mol. The van der Waals surface area contributed by atoms with E-state index in [1.165, 1.54) is 12.3 Å². The van der Waals surface area contributed by atoms with Crippen LogP contribution in [-0.2, 0) is 0 Å². The number of hydrogen-bond donors (Lipinski definition) is 2. The van der Waals surface area contributed by atoms with Crippen molar-refractivity contribution in [3.63, 3.8) is 0 Å². The van der Waals surface area contributed by atoms with Crippen molar-refractivity contribution in [3.05, 3.63) is 30.0 Å². The van der Waals surface area contributed by atoms with Gasteiger partial charge in [0.1, 0.15) is 17.6 Å². The molecule has 82 valence electrons. The van der Waals surface area contributed by atoms with Crippen molar-refractivity contribution in [3.8, 4) is 5.75 Å². The summed E-state index contributed by atoms with van der Waals surface area (Å²) in [6, 6.07) is 5.07. The zero-order chi connectivity index (χ0) is 11.1. The minimum Gasteiger partial charge on any atom is -0.508 e. The van der Waals surface area contributed by atoms with E-state index in [0.717, 1.165) is 18.2 Å². The maximum absolute atomic E-state index is 11.8. The largest absolute Gasteiger partial charge is 0.508 e. The molecule has 0 aliphatic heterocycles. The standard InChI is InChI=1S/C12H11NO3/c14-8-3-4-9-10(6-16-11(9)5-8)12(15)13-7-1-2-7/h3-7,14H,1-2H2,(H,13,15). The number of nitrogens with one attached hydrogen (secondary N) is 1. The van der Waals surface area contributed by atoms with Crippen LogP contribution < -0.4 is 5.32 Å². The number of hydrogen-bond acceptors (Lipinski definition) is 3. The molecule has 1 aromatic carbocycles. The third-order valence-corrected chi connectivity index (χ3v) is 2.72. The van der Waals surface area contributed by atoms with Crippen LogP contribution in [0.2, 0.25) is 0 Å². The molecule has 2 N–H and O–H groups in total. The van der Waals surface area contributed by atoms with Gasteiger partial charge in [-0.25, -0.2) is 0 Å². The Morgan fingerprint density at radius 1 is 1.44 bits per heavy atom. The van der Waals surface area contributed by atoms with Crippen molar-refractivity contribution in [2.75, 3.05) is 0 Å². The van der Waals surface area contributed by atoms with Gasteiger partial charge in [0.15, 0.2) is 0 Å². The minimum atomic E-state index is -0.105. The smallest absolute Gasteiger partial charge is 0.255 e. The first-order valence-electron chi connectivity index (χ1n) is 5.25. The molecule has 1 fully saturated rings. The zero-order valence-electron chi connectivity index (χ0n) is 8.56. The fraction of sp³-hybridized carbons (Fsp3) is 0.250. The van der Waals surface area contributed by atoms with Crippen molar-refractivity contribution in [2.45, 2.75) is 18.9 Å². The van der Waals surface area contributed by atoms with Gasteiger partial charge in [-0.15, -0.1) is 0 Å². The lowest BCUT2D eigenvalue weighted by molar-refractivity contribution is 0.0952. The highest BCUT2D eigenvalue weighted by atomic mass is 16.3. The highest BCUT2D eigenvalue weighted by Gasteiger charge is 2.25. The molecule has 0 bridgehead atoms. The molecule has 0 atom stereocenters. The first-order chi connectivity index (χ1) is 7.74. The third-order valence-electron chi connectivity index (χ3n) is 2.72. The predicted molar refractivity (Wildman–Crippen MR) is 58.4 cm³/mol. The van der Waals surface area contributed by atoms with Gasteiger partial charge in [0.2, 0.25) is 0 Å². The molecule has 1 aromatic heterocycles. The van der Waals surface area contributed by atoms with Crippen LogP contribution >= 0.6 is 0 Å². The summed E-state index contributed by atoms with van der Waals surface area (Å²) in [6.45, 7) is 0. The summed E-state index contributed by atoms with van der Waals surface area (Å²) in [5, 5.41) is 12.9. The second-order valence-electron chi connectivity index (χ2n) is 4.08. The number of rotatable bonds is 2. The summed E-state index contributed by atoms with van der Waals surface area (Å²) < 4.78 is 5.23. The second-order valence-corrected chi connectivity index (χ2v) is 4.08. The van der Waals surface area contributed by atoms with Gasteiger partial charge in [-0.1, -0.05) is 0 Å². The molecule has 0 saturated heterocycles. The molecule has 0 spiro atoms. The average Bonchev–Trinajstić information content (AvgIpc) is 2.96. The Morgan fingerprint density at radius 2 is 2.25 bits per heavy atom. The normalized spacial score (nSPS) is 15.2. The first-order valence-corrected chi connectivity index (χ1v) is 5.25. The number of aromatic hydroxyl groups is 1. The van der Waals surface area contributed by atoms with Crippen LogP contribution in [0.25, 0.3) is 11.0 Å². The first kappa shape index (κ1) is 9.27. The Balaban J connectivity index is 1.99. The van der Waals surface area contributed by atoms with Crippen LogP contribution in [0.1, 0.15) is 23.2 Å². The van der Waals surface area contributed by atoms with Crippen LogP contribution in [0.3, 0.4) is 0 Å². The SMILES string of the molecule is O=C(NC1CC1)c1coc2cc(O)ccc12. The lowest BCUT2D eigenvalue weighted by Crippen LogP contribution is -2.24. The number of furan rings is 1. The Bertz CT molecular complexity index is 554. The topological polar surface area (TPSA) is 62.5 Å². The quantitative estimate of drug-likeness (QED) is 0.809. The number of benzene rings is 1. The van der Waals surface area contributed by atoms with Gasteiger partial charge in [-0.3, -0.25) is 4.79 Å². The highest BCUT2D eigenvalue weighted by Crippen LogP contribution is 2.26. The summed E-state index contributed by atoms with van der Waals surface area (Å²) in [5.41, 5.74) is 1.06. The van der Waals surface area contributed by atoms with E-state index in [4.69, 9.17) is 4.42 Å². The average molecular weight is 217 g/mol. The molecule has 16 heavy (non-hydrogen) atoms. The van der Waals surface area contributed by atoms with Crippen molar-refractivity contribution >= 4 is 16.9 Å². The van der Waals surface area contributed by atoms with Crippen LogP contribution in [0, 0.1) is 0 Å². The van der Waals surface area contributed by atoms with Crippen LogP contribution in [0.5, 0.6) is 5.75 Å². The maximum atomic E-state index is 11.8. The van der Waals surface area contributed by atoms with Crippen LogP contribution in [0.15, 0.2) is 28.9 Å². The summed E-state index contributed by atoms with van der Waals surface area (Å²) in [5.74, 6) is 0.0305. The Hall–Kier alpha value is -1.97. The van der Waals surface area contributed by atoms with E-state index in [2.05, 4.69) is 5.32 Å². The number of phenols is 1. The van der Waals surface area contributed by atoms with Crippen LogP contribution in [0.4, 0.5) is 0 Å². The van der Waals surface area contributed by atoms with Crippen molar-refractivity contribution in [1.29, 1.82) is 0 Å². The molecule has 0 unspecified atom stereocenters. The fourth-order valence-electron chi connectivity index (χ4n) is 1.68. The molecule has 1 heterocycles. The number of fused-ring (bicyclic) bond motifs is 1. The number of carbonyl (C=O) groups is 1. The minimum absolute atomic E-state index is 0.105. The fourth-order valence-corrected chi connectivity index (χ4v) is 1.68. The van der Waals surface area contributed by atoms with E-state index in [1.807, 2.05) is 0 Å². The van der Waals surface area contributed by atoms with Gasteiger partial charge in [-0.05, 0) is 25.0 Å². The Kier molecular flexibility index (Phi) is 1.89. The molecule has 0 radical (unpaired) electrons. The van der Waals surface area contributed by atoms with E-state index in [1.54, 1.807) is 12.1 Å².